The third-order valence-corrected chi connectivity index (χ3v) is 7.05. The summed E-state index contributed by atoms with van der Waals surface area (Å²) in [6.45, 7) is 2.73. The average Bonchev–Trinajstić information content (AvgIpc) is 2.92. The first kappa shape index (κ1) is 15.0. The van der Waals surface area contributed by atoms with Crippen molar-refractivity contribution >= 4 is 10.8 Å². The normalized spacial score (nSPS) is 33.5. The molecular weight excluding hydrogens is 286 g/mol. The van der Waals surface area contributed by atoms with E-state index in [1.165, 1.54) is 5.56 Å². The fourth-order valence-corrected chi connectivity index (χ4v) is 5.45. The standard InChI is InChI=1S/C16H23NO3S/c1-10-14(7-8-20-10)21(18)15-6-3-11-9-12(19-2)4-5-13(11)16(15)17/h4-5,9-10,14-16H,3,6-8,17H2,1-2H3. The number of ether oxygens (including phenoxy) is 2. The van der Waals surface area contributed by atoms with E-state index < -0.39 is 10.8 Å². The van der Waals surface area contributed by atoms with Crippen LogP contribution in [0, 0.1) is 0 Å². The first-order chi connectivity index (χ1) is 10.1. The van der Waals surface area contributed by atoms with Crippen molar-refractivity contribution in [2.45, 2.75) is 48.8 Å². The van der Waals surface area contributed by atoms with Gasteiger partial charge in [-0.25, -0.2) is 0 Å². The predicted octanol–water partition coefficient (Wildman–Crippen LogP) is 1.94. The van der Waals surface area contributed by atoms with Gasteiger partial charge in [0.1, 0.15) is 5.75 Å². The molecule has 116 valence electrons. The van der Waals surface area contributed by atoms with E-state index in [1.807, 2.05) is 19.1 Å². The highest BCUT2D eigenvalue weighted by Crippen LogP contribution is 2.36. The molecule has 0 amide bonds. The molecule has 5 atom stereocenters. The molecule has 1 heterocycles. The first-order valence-corrected chi connectivity index (χ1v) is 8.83. The number of rotatable bonds is 3. The van der Waals surface area contributed by atoms with Crippen molar-refractivity contribution in [1.82, 2.24) is 0 Å². The lowest BCUT2D eigenvalue weighted by molar-refractivity contribution is 0.126. The largest absolute Gasteiger partial charge is 0.497 e. The van der Waals surface area contributed by atoms with Crippen LogP contribution < -0.4 is 10.5 Å². The van der Waals surface area contributed by atoms with E-state index in [4.69, 9.17) is 15.2 Å². The van der Waals surface area contributed by atoms with E-state index in [1.54, 1.807) is 7.11 Å². The van der Waals surface area contributed by atoms with Crippen LogP contribution in [-0.4, -0.2) is 34.5 Å². The molecule has 0 bridgehead atoms. The van der Waals surface area contributed by atoms with Crippen LogP contribution >= 0.6 is 0 Å². The highest BCUT2D eigenvalue weighted by atomic mass is 32.2. The lowest BCUT2D eigenvalue weighted by Crippen LogP contribution is -2.40. The molecule has 1 fully saturated rings. The van der Waals surface area contributed by atoms with E-state index in [2.05, 4.69) is 6.07 Å². The van der Waals surface area contributed by atoms with E-state index in [0.29, 0.717) is 6.61 Å². The molecular formula is C16H23NO3S. The highest BCUT2D eigenvalue weighted by molar-refractivity contribution is 7.86. The lowest BCUT2D eigenvalue weighted by Gasteiger charge is -2.32. The van der Waals surface area contributed by atoms with Gasteiger partial charge in [-0.3, -0.25) is 4.21 Å². The number of benzene rings is 1. The minimum atomic E-state index is -0.938. The average molecular weight is 309 g/mol. The molecule has 2 aliphatic rings. The maximum Gasteiger partial charge on any atom is 0.119 e. The van der Waals surface area contributed by atoms with Crippen LogP contribution in [0.15, 0.2) is 18.2 Å². The molecule has 21 heavy (non-hydrogen) atoms. The summed E-state index contributed by atoms with van der Waals surface area (Å²) in [4.78, 5) is 0. The van der Waals surface area contributed by atoms with Crippen LogP contribution in [0.25, 0.3) is 0 Å². The molecule has 0 spiro atoms. The van der Waals surface area contributed by atoms with E-state index >= 15 is 0 Å². The van der Waals surface area contributed by atoms with Crippen LogP contribution in [0.1, 0.15) is 36.9 Å². The Morgan fingerprint density at radius 1 is 1.33 bits per heavy atom. The van der Waals surface area contributed by atoms with Gasteiger partial charge in [0.2, 0.25) is 0 Å². The van der Waals surface area contributed by atoms with Gasteiger partial charge in [0.15, 0.2) is 0 Å². The molecule has 4 nitrogen and oxygen atoms in total. The zero-order valence-corrected chi connectivity index (χ0v) is 13.4. The number of nitrogens with two attached hydrogens (primary N) is 1. The summed E-state index contributed by atoms with van der Waals surface area (Å²) in [6.07, 6.45) is 2.75. The summed E-state index contributed by atoms with van der Waals surface area (Å²) >= 11 is 0. The monoisotopic (exact) mass is 309 g/mol. The van der Waals surface area contributed by atoms with E-state index in [9.17, 15) is 4.21 Å². The predicted molar refractivity (Wildman–Crippen MR) is 84.0 cm³/mol. The molecule has 1 aromatic rings. The first-order valence-electron chi connectivity index (χ1n) is 7.55. The number of hydrogen-bond donors (Lipinski definition) is 1. The maximum absolute atomic E-state index is 12.9. The molecule has 1 aromatic carbocycles. The summed E-state index contributed by atoms with van der Waals surface area (Å²) in [5.74, 6) is 0.860. The van der Waals surface area contributed by atoms with Crippen molar-refractivity contribution in [3.8, 4) is 5.75 Å². The third-order valence-electron chi connectivity index (χ3n) is 4.71. The Morgan fingerprint density at radius 3 is 2.81 bits per heavy atom. The van der Waals surface area contributed by atoms with Crippen LogP contribution in [0.3, 0.4) is 0 Å². The smallest absolute Gasteiger partial charge is 0.119 e. The number of fused-ring (bicyclic) bond motifs is 1. The van der Waals surface area contributed by atoms with Crippen molar-refractivity contribution in [1.29, 1.82) is 0 Å². The molecule has 0 radical (unpaired) electrons. The Kier molecular flexibility index (Phi) is 4.33. The second-order valence-electron chi connectivity index (χ2n) is 5.90. The molecule has 5 heteroatoms. The summed E-state index contributed by atoms with van der Waals surface area (Å²) in [5.41, 5.74) is 8.77. The van der Waals surface area contributed by atoms with Gasteiger partial charge in [0.05, 0.1) is 23.7 Å². The Morgan fingerprint density at radius 2 is 2.14 bits per heavy atom. The quantitative estimate of drug-likeness (QED) is 0.927. The molecule has 0 aromatic heterocycles. The van der Waals surface area contributed by atoms with Gasteiger partial charge in [0.25, 0.3) is 0 Å². The Labute approximate surface area is 128 Å². The lowest BCUT2D eigenvalue weighted by atomic mass is 9.87. The summed E-state index contributed by atoms with van der Waals surface area (Å²) in [6, 6.07) is 5.85. The van der Waals surface area contributed by atoms with Crippen LogP contribution in [-0.2, 0) is 22.0 Å². The van der Waals surface area contributed by atoms with Gasteiger partial charge in [-0.15, -0.1) is 0 Å². The van der Waals surface area contributed by atoms with Crippen LogP contribution in [0.4, 0.5) is 0 Å². The second kappa shape index (κ2) is 6.07. The SMILES string of the molecule is COc1ccc2c(c1)CCC(S(=O)C1CCOC1C)C2N. The van der Waals surface area contributed by atoms with Gasteiger partial charge in [-0.05, 0) is 49.4 Å². The van der Waals surface area contributed by atoms with Gasteiger partial charge in [0, 0.05) is 23.4 Å². The maximum atomic E-state index is 12.9. The molecule has 5 unspecified atom stereocenters. The van der Waals surface area contributed by atoms with Gasteiger partial charge < -0.3 is 15.2 Å². The summed E-state index contributed by atoms with van der Waals surface area (Å²) in [7, 11) is 0.733. The van der Waals surface area contributed by atoms with E-state index in [0.717, 1.165) is 30.6 Å². The fraction of sp³-hybridized carbons (Fsp3) is 0.625. The zero-order valence-electron chi connectivity index (χ0n) is 12.6. The Hall–Kier alpha value is -0.910. The number of hydrogen-bond acceptors (Lipinski definition) is 4. The fourth-order valence-electron chi connectivity index (χ4n) is 3.43. The van der Waals surface area contributed by atoms with Gasteiger partial charge >= 0.3 is 0 Å². The van der Waals surface area contributed by atoms with Crippen molar-refractivity contribution < 1.29 is 13.7 Å². The molecule has 1 aliphatic carbocycles. The van der Waals surface area contributed by atoms with Crippen molar-refractivity contribution in [2.24, 2.45) is 5.73 Å². The Bertz CT molecular complexity index is 548. The Balaban J connectivity index is 1.81. The minimum absolute atomic E-state index is 0.0278. The summed E-state index contributed by atoms with van der Waals surface area (Å²) in [5, 5.41) is 0.154. The van der Waals surface area contributed by atoms with Crippen molar-refractivity contribution in [3.05, 3.63) is 29.3 Å². The molecule has 3 rings (SSSR count). The van der Waals surface area contributed by atoms with E-state index in [-0.39, 0.29) is 22.6 Å². The van der Waals surface area contributed by atoms with Crippen molar-refractivity contribution in [2.75, 3.05) is 13.7 Å². The number of aryl methyl sites for hydroxylation is 1. The topological polar surface area (TPSA) is 61.5 Å². The zero-order chi connectivity index (χ0) is 15.0. The van der Waals surface area contributed by atoms with Crippen LogP contribution in [0.5, 0.6) is 5.75 Å². The molecule has 0 saturated carbocycles. The van der Waals surface area contributed by atoms with Gasteiger partial charge in [-0.1, -0.05) is 6.07 Å². The molecule has 2 N–H and O–H groups in total. The second-order valence-corrected chi connectivity index (χ2v) is 7.77. The summed E-state index contributed by atoms with van der Waals surface area (Å²) < 4.78 is 23.7. The highest BCUT2D eigenvalue weighted by Gasteiger charge is 2.38. The third kappa shape index (κ3) is 2.74. The van der Waals surface area contributed by atoms with Gasteiger partial charge in [-0.2, -0.15) is 0 Å². The van der Waals surface area contributed by atoms with Crippen LogP contribution in [0.2, 0.25) is 0 Å². The number of methoxy groups -OCH3 is 1. The molecule has 1 aliphatic heterocycles. The van der Waals surface area contributed by atoms with Crippen molar-refractivity contribution in [3.63, 3.8) is 0 Å². The molecule has 1 saturated heterocycles. The minimum Gasteiger partial charge on any atom is -0.497 e.